The Balaban J connectivity index is 1.32. The van der Waals surface area contributed by atoms with Crippen LogP contribution in [-0.4, -0.2) is 57.8 Å². The highest BCUT2D eigenvalue weighted by Crippen LogP contribution is 2.31. The number of hydrogen-bond acceptors (Lipinski definition) is 5. The highest BCUT2D eigenvalue weighted by molar-refractivity contribution is 7.21. The molecule has 4 heterocycles. The summed E-state index contributed by atoms with van der Waals surface area (Å²) >= 11 is 3.15. The molecule has 0 bridgehead atoms. The third-order valence-electron chi connectivity index (χ3n) is 4.82. The third kappa shape index (κ3) is 2.47. The summed E-state index contributed by atoms with van der Waals surface area (Å²) in [5, 5.41) is 2.03. The molecule has 0 spiro atoms. The molecule has 23 heavy (non-hydrogen) atoms. The fourth-order valence-corrected chi connectivity index (χ4v) is 5.08. The Morgan fingerprint density at radius 3 is 2.87 bits per heavy atom. The Morgan fingerprint density at radius 1 is 1.26 bits per heavy atom. The van der Waals surface area contributed by atoms with Gasteiger partial charge in [0.2, 0.25) is 0 Å². The number of hydrogen-bond donors (Lipinski definition) is 0. The lowest BCUT2D eigenvalue weighted by Crippen LogP contribution is -2.49. The average molecular weight is 346 g/mol. The van der Waals surface area contributed by atoms with Crippen LogP contribution in [0.25, 0.3) is 15.3 Å². The molecule has 1 aliphatic carbocycles. The van der Waals surface area contributed by atoms with Crippen LogP contribution in [-0.2, 0) is 0 Å². The van der Waals surface area contributed by atoms with Crippen LogP contribution in [0.3, 0.4) is 0 Å². The lowest BCUT2D eigenvalue weighted by molar-refractivity contribution is 0.0637. The minimum atomic E-state index is 0.169. The summed E-state index contributed by atoms with van der Waals surface area (Å²) in [6.07, 6.45) is 4.81. The van der Waals surface area contributed by atoms with Gasteiger partial charge >= 0.3 is 0 Å². The van der Waals surface area contributed by atoms with Gasteiger partial charge in [-0.05, 0) is 24.8 Å². The van der Waals surface area contributed by atoms with Crippen LogP contribution in [0.15, 0.2) is 17.6 Å². The van der Waals surface area contributed by atoms with Crippen molar-refractivity contribution >= 4 is 43.9 Å². The second kappa shape index (κ2) is 5.29. The van der Waals surface area contributed by atoms with Crippen LogP contribution in [0.1, 0.15) is 22.5 Å². The van der Waals surface area contributed by atoms with Gasteiger partial charge in [0, 0.05) is 44.3 Å². The minimum Gasteiger partial charge on any atom is -0.335 e. The van der Waals surface area contributed by atoms with E-state index in [1.165, 1.54) is 30.7 Å². The maximum atomic E-state index is 12.8. The van der Waals surface area contributed by atoms with Crippen LogP contribution in [0.2, 0.25) is 0 Å². The number of thiophene rings is 1. The molecule has 5 rings (SSSR count). The van der Waals surface area contributed by atoms with Crippen molar-refractivity contribution in [2.75, 3.05) is 32.7 Å². The lowest BCUT2D eigenvalue weighted by Gasteiger charge is -2.34. The zero-order chi connectivity index (χ0) is 15.4. The predicted molar refractivity (Wildman–Crippen MR) is 93.5 cm³/mol. The fraction of sp³-hybridized carbons (Fsp3) is 0.500. The standard InChI is InChI=1S/C16H18N4OS2/c21-15(19-5-3-18(4-6-19)10-11-1-2-11)13-9-12-14(23-13)17-16-20(12)7-8-22-16/h7-9,11H,1-6,10H2. The first-order chi connectivity index (χ1) is 11.3. The molecule has 0 atom stereocenters. The molecular formula is C16H18N4OS2. The predicted octanol–water partition coefficient (Wildman–Crippen LogP) is 2.78. The second-order valence-corrected chi connectivity index (χ2v) is 8.41. The van der Waals surface area contributed by atoms with Crippen LogP contribution in [0.4, 0.5) is 0 Å². The first kappa shape index (κ1) is 13.9. The number of imidazole rings is 1. The molecule has 5 nitrogen and oxygen atoms in total. The van der Waals surface area contributed by atoms with E-state index in [4.69, 9.17) is 0 Å². The van der Waals surface area contributed by atoms with E-state index >= 15 is 0 Å². The van der Waals surface area contributed by atoms with E-state index in [-0.39, 0.29) is 5.91 Å². The minimum absolute atomic E-state index is 0.169. The number of nitrogens with zero attached hydrogens (tertiary/aromatic N) is 4. The number of carbonyl (C=O) groups is 1. The Kier molecular flexibility index (Phi) is 3.21. The van der Waals surface area contributed by atoms with Crippen LogP contribution >= 0.6 is 22.7 Å². The molecule has 1 amide bonds. The quantitative estimate of drug-likeness (QED) is 0.732. The summed E-state index contributed by atoms with van der Waals surface area (Å²) in [5.41, 5.74) is 1.06. The number of amides is 1. The monoisotopic (exact) mass is 346 g/mol. The Bertz CT molecular complexity index is 867. The summed E-state index contributed by atoms with van der Waals surface area (Å²) in [5.74, 6) is 1.10. The van der Waals surface area contributed by atoms with Crippen molar-refractivity contribution in [2.45, 2.75) is 12.8 Å². The highest BCUT2D eigenvalue weighted by atomic mass is 32.1. The zero-order valence-electron chi connectivity index (χ0n) is 12.8. The fourth-order valence-electron chi connectivity index (χ4n) is 3.31. The smallest absolute Gasteiger partial charge is 0.264 e. The van der Waals surface area contributed by atoms with E-state index in [0.717, 1.165) is 52.3 Å². The first-order valence-electron chi connectivity index (χ1n) is 8.14. The SMILES string of the molecule is O=C(c1cc2c(nc3sccn32)s1)N1CCN(CC2CC2)CC1. The van der Waals surface area contributed by atoms with Crippen molar-refractivity contribution in [3.8, 4) is 0 Å². The summed E-state index contributed by atoms with van der Waals surface area (Å²) in [7, 11) is 0. The molecule has 7 heteroatoms. The number of aromatic nitrogens is 2. The van der Waals surface area contributed by atoms with E-state index in [0.29, 0.717) is 0 Å². The zero-order valence-corrected chi connectivity index (χ0v) is 14.4. The molecule has 3 aromatic rings. The van der Waals surface area contributed by atoms with Gasteiger partial charge in [-0.3, -0.25) is 14.1 Å². The van der Waals surface area contributed by atoms with Crippen molar-refractivity contribution in [1.29, 1.82) is 0 Å². The van der Waals surface area contributed by atoms with Crippen LogP contribution in [0, 0.1) is 5.92 Å². The van der Waals surface area contributed by atoms with Crippen molar-refractivity contribution in [3.63, 3.8) is 0 Å². The molecule has 0 radical (unpaired) electrons. The van der Waals surface area contributed by atoms with Gasteiger partial charge in [-0.2, -0.15) is 0 Å². The van der Waals surface area contributed by atoms with Crippen LogP contribution < -0.4 is 0 Å². The molecule has 3 aromatic heterocycles. The van der Waals surface area contributed by atoms with Gasteiger partial charge in [-0.15, -0.1) is 22.7 Å². The molecule has 0 aromatic carbocycles. The van der Waals surface area contributed by atoms with Gasteiger partial charge in [0.05, 0.1) is 10.4 Å². The Morgan fingerprint density at radius 2 is 2.09 bits per heavy atom. The van der Waals surface area contributed by atoms with E-state index in [2.05, 4.69) is 14.3 Å². The molecular weight excluding hydrogens is 328 g/mol. The third-order valence-corrected chi connectivity index (χ3v) is 6.59. The van der Waals surface area contributed by atoms with E-state index < -0.39 is 0 Å². The Labute approximate surface area is 142 Å². The summed E-state index contributed by atoms with van der Waals surface area (Å²) in [4.78, 5) is 24.7. The van der Waals surface area contributed by atoms with Crippen molar-refractivity contribution in [2.24, 2.45) is 5.92 Å². The summed E-state index contributed by atoms with van der Waals surface area (Å²) in [6.45, 7) is 4.96. The number of fused-ring (bicyclic) bond motifs is 3. The van der Waals surface area contributed by atoms with E-state index in [1.807, 2.05) is 22.5 Å². The topological polar surface area (TPSA) is 40.9 Å². The maximum Gasteiger partial charge on any atom is 0.264 e. The van der Waals surface area contributed by atoms with Gasteiger partial charge in [-0.1, -0.05) is 0 Å². The lowest BCUT2D eigenvalue weighted by atomic mass is 10.2. The first-order valence-corrected chi connectivity index (χ1v) is 9.84. The molecule has 0 N–H and O–H groups in total. The summed E-state index contributed by atoms with van der Waals surface area (Å²) < 4.78 is 2.07. The normalized spacial score (nSPS) is 19.9. The van der Waals surface area contributed by atoms with Gasteiger partial charge in [0.15, 0.2) is 4.96 Å². The van der Waals surface area contributed by atoms with Gasteiger partial charge < -0.3 is 4.90 Å². The molecule has 2 fully saturated rings. The van der Waals surface area contributed by atoms with Gasteiger partial charge in [-0.25, -0.2) is 4.98 Å². The molecule has 1 saturated heterocycles. The highest BCUT2D eigenvalue weighted by Gasteiger charge is 2.28. The van der Waals surface area contributed by atoms with Crippen LogP contribution in [0.5, 0.6) is 0 Å². The number of rotatable bonds is 3. The average Bonchev–Trinajstić information content (AvgIpc) is 2.97. The maximum absolute atomic E-state index is 12.8. The molecule has 1 saturated carbocycles. The molecule has 0 unspecified atom stereocenters. The van der Waals surface area contributed by atoms with Crippen molar-refractivity contribution in [1.82, 2.24) is 19.2 Å². The van der Waals surface area contributed by atoms with Crippen molar-refractivity contribution < 1.29 is 4.79 Å². The summed E-state index contributed by atoms with van der Waals surface area (Å²) in [6, 6.07) is 2.01. The van der Waals surface area contributed by atoms with Gasteiger partial charge in [0.1, 0.15) is 4.83 Å². The number of carbonyl (C=O) groups excluding carboxylic acids is 1. The Hall–Kier alpha value is -1.44. The largest absolute Gasteiger partial charge is 0.335 e. The van der Waals surface area contributed by atoms with Gasteiger partial charge in [0.25, 0.3) is 5.91 Å². The van der Waals surface area contributed by atoms with E-state index in [1.54, 1.807) is 11.3 Å². The van der Waals surface area contributed by atoms with Crippen molar-refractivity contribution in [3.05, 3.63) is 22.5 Å². The number of piperazine rings is 1. The number of thiazole rings is 1. The second-order valence-electron chi connectivity index (χ2n) is 6.50. The molecule has 2 aliphatic rings. The molecule has 1 aliphatic heterocycles. The van der Waals surface area contributed by atoms with E-state index in [9.17, 15) is 4.79 Å². The molecule has 120 valence electrons.